The van der Waals surface area contributed by atoms with Crippen LogP contribution in [-0.2, 0) is 12.8 Å². The van der Waals surface area contributed by atoms with Gasteiger partial charge in [-0.1, -0.05) is 29.8 Å². The lowest BCUT2D eigenvalue weighted by Crippen LogP contribution is -2.14. The number of aryl methyl sites for hydroxylation is 2. The van der Waals surface area contributed by atoms with Crippen LogP contribution < -0.4 is 5.32 Å². The first-order valence-corrected chi connectivity index (χ1v) is 9.20. The van der Waals surface area contributed by atoms with E-state index in [4.69, 9.17) is 11.6 Å². The fraction of sp³-hybridized carbons (Fsp3) is 0.158. The van der Waals surface area contributed by atoms with E-state index < -0.39 is 11.7 Å². The Bertz CT molecular complexity index is 950. The zero-order chi connectivity index (χ0) is 17.4. The number of carbonyl (C=O) groups excluding carboxylic acids is 1. The molecule has 1 aliphatic carbocycles. The first kappa shape index (κ1) is 16.2. The van der Waals surface area contributed by atoms with Gasteiger partial charge >= 0.3 is 0 Å². The smallest absolute Gasteiger partial charge is 0.261 e. The summed E-state index contributed by atoms with van der Waals surface area (Å²) in [5.41, 5.74) is 4.44. The SMILES string of the molecule is O=C(Nc1nc(-c2ccc3c(c2)CCC3)cs1)c1c(F)cccc1Cl. The summed E-state index contributed by atoms with van der Waals surface area (Å²) in [6, 6.07) is 10.5. The number of halogens is 2. The van der Waals surface area contributed by atoms with Gasteiger partial charge in [0, 0.05) is 10.9 Å². The molecule has 3 nitrogen and oxygen atoms in total. The van der Waals surface area contributed by atoms with Crippen LogP contribution in [0.25, 0.3) is 11.3 Å². The van der Waals surface area contributed by atoms with Crippen molar-refractivity contribution in [1.82, 2.24) is 4.98 Å². The summed E-state index contributed by atoms with van der Waals surface area (Å²) in [5, 5.41) is 5.00. The summed E-state index contributed by atoms with van der Waals surface area (Å²) in [4.78, 5) is 16.7. The Labute approximate surface area is 153 Å². The molecule has 0 radical (unpaired) electrons. The molecular formula is C19H14ClFN2OS. The summed E-state index contributed by atoms with van der Waals surface area (Å²) in [6.07, 6.45) is 3.43. The molecule has 0 saturated carbocycles. The largest absolute Gasteiger partial charge is 0.298 e. The van der Waals surface area contributed by atoms with Crippen LogP contribution in [0.4, 0.5) is 9.52 Å². The maximum atomic E-state index is 13.8. The fourth-order valence-electron chi connectivity index (χ4n) is 3.07. The predicted molar refractivity (Wildman–Crippen MR) is 98.9 cm³/mol. The van der Waals surface area contributed by atoms with Crippen molar-refractivity contribution in [2.45, 2.75) is 19.3 Å². The Morgan fingerprint density at radius 2 is 2.04 bits per heavy atom. The molecule has 0 atom stereocenters. The predicted octanol–water partition coefficient (Wildman–Crippen LogP) is 5.34. The Morgan fingerprint density at radius 3 is 2.88 bits per heavy atom. The van der Waals surface area contributed by atoms with Gasteiger partial charge in [0.1, 0.15) is 5.82 Å². The number of hydrogen-bond donors (Lipinski definition) is 1. The quantitative estimate of drug-likeness (QED) is 0.673. The summed E-state index contributed by atoms with van der Waals surface area (Å²) < 4.78 is 13.8. The third-order valence-electron chi connectivity index (χ3n) is 4.31. The highest BCUT2D eigenvalue weighted by Crippen LogP contribution is 2.30. The average Bonchev–Trinajstić information content (AvgIpc) is 3.22. The first-order valence-electron chi connectivity index (χ1n) is 7.95. The molecule has 0 aliphatic heterocycles. The number of anilines is 1. The molecule has 1 amide bonds. The lowest BCUT2D eigenvalue weighted by Gasteiger charge is -2.05. The number of thiazole rings is 1. The van der Waals surface area contributed by atoms with Gasteiger partial charge in [-0.25, -0.2) is 9.37 Å². The minimum Gasteiger partial charge on any atom is -0.298 e. The molecule has 6 heteroatoms. The number of amides is 1. The maximum absolute atomic E-state index is 13.8. The number of fused-ring (bicyclic) bond motifs is 1. The minimum atomic E-state index is -0.652. The van der Waals surface area contributed by atoms with Crippen LogP contribution in [0, 0.1) is 5.82 Å². The van der Waals surface area contributed by atoms with Gasteiger partial charge in [0.25, 0.3) is 5.91 Å². The number of nitrogens with zero attached hydrogens (tertiary/aromatic N) is 1. The molecule has 1 aromatic heterocycles. The van der Waals surface area contributed by atoms with Gasteiger partial charge in [-0.2, -0.15) is 0 Å². The monoisotopic (exact) mass is 372 g/mol. The standard InChI is InChI=1S/C19H14ClFN2OS/c20-14-5-2-6-15(21)17(14)18(24)23-19-22-16(10-25-19)13-8-7-11-3-1-4-12(11)9-13/h2,5-10H,1,3-4H2,(H,22,23,24). The van der Waals surface area contributed by atoms with E-state index in [0.717, 1.165) is 24.1 Å². The molecule has 0 unspecified atom stereocenters. The van der Waals surface area contributed by atoms with Crippen LogP contribution in [0.2, 0.25) is 5.02 Å². The molecule has 4 rings (SSSR count). The van der Waals surface area contributed by atoms with Crippen molar-refractivity contribution >= 4 is 34.0 Å². The summed E-state index contributed by atoms with van der Waals surface area (Å²) in [5.74, 6) is -1.25. The number of carbonyl (C=O) groups is 1. The van der Waals surface area contributed by atoms with E-state index in [1.54, 1.807) is 0 Å². The van der Waals surface area contributed by atoms with Crippen LogP contribution in [0.15, 0.2) is 41.8 Å². The van der Waals surface area contributed by atoms with E-state index >= 15 is 0 Å². The van der Waals surface area contributed by atoms with E-state index in [1.807, 2.05) is 5.38 Å². The number of hydrogen-bond acceptors (Lipinski definition) is 3. The molecule has 25 heavy (non-hydrogen) atoms. The molecule has 2 aromatic carbocycles. The second-order valence-electron chi connectivity index (χ2n) is 5.93. The topological polar surface area (TPSA) is 42.0 Å². The minimum absolute atomic E-state index is 0.0768. The van der Waals surface area contributed by atoms with Crippen LogP contribution >= 0.6 is 22.9 Å². The average molecular weight is 373 g/mol. The van der Waals surface area contributed by atoms with Crippen molar-refractivity contribution in [3.63, 3.8) is 0 Å². The van der Waals surface area contributed by atoms with Crippen LogP contribution in [0.3, 0.4) is 0 Å². The normalized spacial score (nSPS) is 12.9. The summed E-state index contributed by atoms with van der Waals surface area (Å²) in [6.45, 7) is 0. The van der Waals surface area contributed by atoms with Gasteiger partial charge in [0.2, 0.25) is 0 Å². The highest BCUT2D eigenvalue weighted by Gasteiger charge is 2.18. The number of rotatable bonds is 3. The number of benzene rings is 2. The third kappa shape index (κ3) is 3.17. The zero-order valence-electron chi connectivity index (χ0n) is 13.2. The van der Waals surface area contributed by atoms with Crippen LogP contribution in [-0.4, -0.2) is 10.9 Å². The molecule has 3 aromatic rings. The summed E-state index contributed by atoms with van der Waals surface area (Å²) in [7, 11) is 0. The highest BCUT2D eigenvalue weighted by atomic mass is 35.5. The Morgan fingerprint density at radius 1 is 1.20 bits per heavy atom. The molecule has 0 bridgehead atoms. The second kappa shape index (κ2) is 6.58. The lowest BCUT2D eigenvalue weighted by atomic mass is 10.1. The van der Waals surface area contributed by atoms with E-state index in [-0.39, 0.29) is 10.6 Å². The molecule has 0 spiro atoms. The Balaban J connectivity index is 1.57. The number of aromatic nitrogens is 1. The van der Waals surface area contributed by atoms with E-state index in [2.05, 4.69) is 28.5 Å². The van der Waals surface area contributed by atoms with Gasteiger partial charge in [-0.05, 0) is 48.6 Å². The highest BCUT2D eigenvalue weighted by molar-refractivity contribution is 7.14. The van der Waals surface area contributed by atoms with Crippen molar-refractivity contribution < 1.29 is 9.18 Å². The fourth-order valence-corrected chi connectivity index (χ4v) is 4.03. The van der Waals surface area contributed by atoms with Crippen molar-refractivity contribution in [1.29, 1.82) is 0 Å². The van der Waals surface area contributed by atoms with Gasteiger partial charge in [0.15, 0.2) is 5.13 Å². The van der Waals surface area contributed by atoms with Gasteiger partial charge in [0.05, 0.1) is 16.3 Å². The van der Waals surface area contributed by atoms with Crippen LogP contribution in [0.5, 0.6) is 0 Å². The third-order valence-corrected chi connectivity index (χ3v) is 5.38. The molecule has 1 heterocycles. The van der Waals surface area contributed by atoms with Crippen molar-refractivity contribution in [3.05, 3.63) is 69.3 Å². The number of nitrogens with one attached hydrogen (secondary N) is 1. The maximum Gasteiger partial charge on any atom is 0.261 e. The summed E-state index contributed by atoms with van der Waals surface area (Å²) >= 11 is 7.23. The van der Waals surface area contributed by atoms with Gasteiger partial charge in [-0.3, -0.25) is 10.1 Å². The Hall–Kier alpha value is -2.24. The van der Waals surface area contributed by atoms with E-state index in [1.165, 1.54) is 47.1 Å². The molecule has 1 aliphatic rings. The van der Waals surface area contributed by atoms with Crippen molar-refractivity contribution in [2.24, 2.45) is 0 Å². The molecular weight excluding hydrogens is 359 g/mol. The molecule has 0 fully saturated rings. The lowest BCUT2D eigenvalue weighted by molar-refractivity contribution is 0.102. The molecule has 126 valence electrons. The molecule has 0 saturated heterocycles. The zero-order valence-corrected chi connectivity index (χ0v) is 14.8. The van der Waals surface area contributed by atoms with E-state index in [0.29, 0.717) is 5.13 Å². The first-order chi connectivity index (χ1) is 12.1. The Kier molecular flexibility index (Phi) is 4.27. The van der Waals surface area contributed by atoms with Crippen LogP contribution in [0.1, 0.15) is 27.9 Å². The molecule has 1 N–H and O–H groups in total. The van der Waals surface area contributed by atoms with Crippen molar-refractivity contribution in [3.8, 4) is 11.3 Å². The van der Waals surface area contributed by atoms with Crippen molar-refractivity contribution in [2.75, 3.05) is 5.32 Å². The van der Waals surface area contributed by atoms with E-state index in [9.17, 15) is 9.18 Å². The van der Waals surface area contributed by atoms with Gasteiger partial charge in [-0.15, -0.1) is 11.3 Å². The second-order valence-corrected chi connectivity index (χ2v) is 7.19. The van der Waals surface area contributed by atoms with Gasteiger partial charge < -0.3 is 0 Å².